The number of nitrogens with zero attached hydrogens (tertiary/aromatic N) is 2. The number of methoxy groups -OCH3 is 1. The minimum absolute atomic E-state index is 0.110. The molecular weight excluding hydrogens is 707 g/mol. The summed E-state index contributed by atoms with van der Waals surface area (Å²) in [6.45, 7) is 44.4. The summed E-state index contributed by atoms with van der Waals surface area (Å²) in [7, 11) is 1.75. The zero-order valence-corrected chi connectivity index (χ0v) is 39.5. The molecule has 0 radical (unpaired) electrons. The van der Waals surface area contributed by atoms with E-state index in [0.29, 0.717) is 34.8 Å². The van der Waals surface area contributed by atoms with Crippen LogP contribution in [0.15, 0.2) is 40.9 Å². The number of halogens is 2. The van der Waals surface area contributed by atoms with E-state index in [1.54, 1.807) is 24.7 Å². The molecule has 0 N–H and O–H groups in total. The van der Waals surface area contributed by atoms with Crippen LogP contribution in [0.5, 0.6) is 5.75 Å². The Kier molecular flexibility index (Phi) is 18.1. The molecule has 7 heteroatoms. The van der Waals surface area contributed by atoms with Crippen LogP contribution < -0.4 is 4.74 Å². The fourth-order valence-electron chi connectivity index (χ4n) is 5.64. The third-order valence-corrected chi connectivity index (χ3v) is 10.4. The van der Waals surface area contributed by atoms with Gasteiger partial charge in [-0.15, -0.1) is 0 Å². The van der Waals surface area contributed by atoms with Gasteiger partial charge in [0, 0.05) is 22.9 Å². The van der Waals surface area contributed by atoms with Gasteiger partial charge < -0.3 is 9.26 Å². The summed E-state index contributed by atoms with van der Waals surface area (Å²) in [5, 5.41) is 3.96. The normalized spacial score (nSPS) is 12.3. The van der Waals surface area contributed by atoms with Crippen molar-refractivity contribution in [3.05, 3.63) is 97.9 Å². The molecule has 4 aromatic rings. The van der Waals surface area contributed by atoms with Crippen LogP contribution in [0.3, 0.4) is 0 Å². The molecule has 0 amide bonds. The van der Waals surface area contributed by atoms with Gasteiger partial charge >= 0.3 is 0 Å². The van der Waals surface area contributed by atoms with E-state index in [4.69, 9.17) is 9.26 Å². The summed E-state index contributed by atoms with van der Waals surface area (Å²) in [5.74, 6) is 3.16. The first-order valence-electron chi connectivity index (χ1n) is 19.9. The Hall–Kier alpha value is -3.06. The van der Waals surface area contributed by atoms with Crippen LogP contribution in [0.2, 0.25) is 0 Å². The maximum atomic E-state index is 13.7. The minimum atomic E-state index is -0.460. The third-order valence-electron chi connectivity index (χ3n) is 9.25. The molecule has 0 saturated carbocycles. The number of rotatable bonds is 5. The zero-order chi connectivity index (χ0) is 43.0. The van der Waals surface area contributed by atoms with Crippen molar-refractivity contribution in [3.8, 4) is 5.75 Å². The molecule has 0 unspecified atom stereocenters. The summed E-state index contributed by atoms with van der Waals surface area (Å²) in [6.07, 6.45) is 0. The number of aryl methyl sites for hydroxylation is 1. The number of hydrogen-bond donors (Lipinski definition) is 0. The average molecular weight is 783 g/mol. The summed E-state index contributed by atoms with van der Waals surface area (Å²) >= 11 is 1.64. The second kappa shape index (κ2) is 19.9. The molecule has 0 fully saturated rings. The van der Waals surface area contributed by atoms with Crippen molar-refractivity contribution in [1.29, 1.82) is 0 Å². The summed E-state index contributed by atoms with van der Waals surface area (Å²) in [6, 6.07) is 11.4. The monoisotopic (exact) mass is 783 g/mol. The van der Waals surface area contributed by atoms with E-state index < -0.39 is 11.6 Å². The Bertz CT molecular complexity index is 1640. The fourth-order valence-corrected chi connectivity index (χ4v) is 6.50. The maximum absolute atomic E-state index is 13.7. The predicted octanol–water partition coefficient (Wildman–Crippen LogP) is 15.5. The first-order valence-corrected chi connectivity index (χ1v) is 20.7. The smallest absolute Gasteiger partial charge is 0.139 e. The molecule has 4 rings (SSSR count). The Morgan fingerprint density at radius 2 is 0.982 bits per heavy atom. The Labute approximate surface area is 339 Å². The van der Waals surface area contributed by atoms with Crippen molar-refractivity contribution >= 4 is 11.5 Å². The van der Waals surface area contributed by atoms with E-state index in [2.05, 4.69) is 132 Å². The molecular formula is C48H76F2N2O2S. The lowest BCUT2D eigenvalue weighted by molar-refractivity contribution is 0.363. The molecule has 310 valence electrons. The van der Waals surface area contributed by atoms with Gasteiger partial charge in [0.1, 0.15) is 23.1 Å². The highest BCUT2D eigenvalue weighted by molar-refractivity contribution is 7.05. The van der Waals surface area contributed by atoms with Gasteiger partial charge in [0.05, 0.1) is 18.5 Å². The topological polar surface area (TPSA) is 48.2 Å². The first-order chi connectivity index (χ1) is 24.8. The molecule has 55 heavy (non-hydrogen) atoms. The molecule has 0 aliphatic heterocycles. The van der Waals surface area contributed by atoms with Gasteiger partial charge in [-0.25, -0.2) is 8.78 Å². The van der Waals surface area contributed by atoms with E-state index >= 15 is 0 Å². The van der Waals surface area contributed by atoms with E-state index in [-0.39, 0.29) is 21.7 Å². The van der Waals surface area contributed by atoms with Gasteiger partial charge in [-0.3, -0.25) is 0 Å². The van der Waals surface area contributed by atoms with Crippen LogP contribution in [0, 0.1) is 18.6 Å². The quantitative estimate of drug-likeness (QED) is 0.202. The lowest BCUT2D eigenvalue weighted by atomic mass is 9.78. The summed E-state index contributed by atoms with van der Waals surface area (Å²) < 4.78 is 42.4. The molecule has 0 aliphatic carbocycles. The second-order valence-electron chi connectivity index (χ2n) is 20.1. The van der Waals surface area contributed by atoms with E-state index in [1.165, 1.54) is 27.3 Å². The van der Waals surface area contributed by atoms with Gasteiger partial charge in [0.2, 0.25) is 0 Å². The number of benzene rings is 2. The third kappa shape index (κ3) is 15.4. The number of ether oxygens (including phenoxy) is 1. The Morgan fingerprint density at radius 3 is 1.27 bits per heavy atom. The van der Waals surface area contributed by atoms with Crippen molar-refractivity contribution in [2.75, 3.05) is 7.11 Å². The Morgan fingerprint density at radius 1 is 0.545 bits per heavy atom. The van der Waals surface area contributed by atoms with Crippen molar-refractivity contribution in [2.24, 2.45) is 0 Å². The first kappa shape index (κ1) is 50.0. The highest BCUT2D eigenvalue weighted by Crippen LogP contribution is 2.37. The van der Waals surface area contributed by atoms with Crippen LogP contribution in [0.4, 0.5) is 8.78 Å². The van der Waals surface area contributed by atoms with Crippen LogP contribution >= 0.6 is 11.5 Å². The van der Waals surface area contributed by atoms with Crippen LogP contribution in [-0.2, 0) is 21.7 Å². The standard InChI is InChI=1S/C16H26O.C14H20F2.C9H15NO.C9H15NS/c1-11-9-14(17-8)13(16(5,6)7)10-12(11)15(2,3)4;1-13(2,3)9-7-10(14(4,5)6)12(16)8-11(9)15;2*1-6(2)8-5-9(7(3)4)11-10-8/h9-10H,1-8H3;7-8H,1-6H3;2*5-7H,1-4H3. The highest BCUT2D eigenvalue weighted by atomic mass is 32.1. The van der Waals surface area contributed by atoms with E-state index in [1.807, 2.05) is 47.6 Å². The number of aromatic nitrogens is 2. The molecule has 2 aromatic carbocycles. The second-order valence-corrected chi connectivity index (χ2v) is 20.9. The van der Waals surface area contributed by atoms with Gasteiger partial charge in [-0.2, -0.15) is 4.37 Å². The van der Waals surface area contributed by atoms with Crippen molar-refractivity contribution in [1.82, 2.24) is 9.53 Å². The largest absolute Gasteiger partial charge is 0.496 e. The molecule has 4 nitrogen and oxygen atoms in total. The van der Waals surface area contributed by atoms with Crippen LogP contribution in [-0.4, -0.2) is 16.6 Å². The van der Waals surface area contributed by atoms with E-state index in [9.17, 15) is 8.78 Å². The molecule has 0 saturated heterocycles. The number of hydrogen-bond acceptors (Lipinski definition) is 5. The average Bonchev–Trinajstić information content (AvgIpc) is 3.71. The Balaban J connectivity index is 0.000000373. The molecule has 0 spiro atoms. The van der Waals surface area contributed by atoms with E-state index in [0.717, 1.165) is 23.3 Å². The predicted molar refractivity (Wildman–Crippen MR) is 234 cm³/mol. The van der Waals surface area contributed by atoms with Crippen molar-refractivity contribution in [2.45, 2.75) is 191 Å². The van der Waals surface area contributed by atoms with Gasteiger partial charge in [0.15, 0.2) is 0 Å². The van der Waals surface area contributed by atoms with Crippen LogP contribution in [0.25, 0.3) is 0 Å². The van der Waals surface area contributed by atoms with Crippen LogP contribution in [0.1, 0.15) is 212 Å². The maximum Gasteiger partial charge on any atom is 0.139 e. The SMILES string of the molecule is CC(C)(C)c1cc(C(C)(C)C)c(F)cc1F.CC(C)c1cc(C(C)C)on1.CC(C)c1cc(C(C)C)sn1.COc1cc(C)c(C(C)(C)C)cc1C(C)(C)C. The highest BCUT2D eigenvalue weighted by Gasteiger charge is 2.26. The van der Waals surface area contributed by atoms with Crippen molar-refractivity contribution in [3.63, 3.8) is 0 Å². The lowest BCUT2D eigenvalue weighted by Crippen LogP contribution is -2.19. The summed E-state index contributed by atoms with van der Waals surface area (Å²) in [5.41, 5.74) is 7.09. The molecule has 2 aromatic heterocycles. The fraction of sp³-hybridized carbons (Fsp3) is 0.625. The molecule has 0 atom stereocenters. The molecule has 0 bridgehead atoms. The van der Waals surface area contributed by atoms with Gasteiger partial charge in [-0.1, -0.05) is 150 Å². The van der Waals surface area contributed by atoms with Gasteiger partial charge in [0.25, 0.3) is 0 Å². The molecule has 0 aliphatic rings. The van der Waals surface area contributed by atoms with Gasteiger partial charge in [-0.05, 0) is 104 Å². The molecule has 2 heterocycles. The lowest BCUT2D eigenvalue weighted by Gasteiger charge is -2.28. The zero-order valence-electron chi connectivity index (χ0n) is 38.6. The van der Waals surface area contributed by atoms with Crippen molar-refractivity contribution < 1.29 is 18.0 Å². The summed E-state index contributed by atoms with van der Waals surface area (Å²) in [4.78, 5) is 1.40. The minimum Gasteiger partial charge on any atom is -0.496 e.